The molecular weight excluding hydrogens is 300 g/mol. The van der Waals surface area contributed by atoms with E-state index in [4.69, 9.17) is 5.73 Å². The number of nitrogens with one attached hydrogen (secondary N) is 1. The number of nitrogens with two attached hydrogens (primary N) is 1. The molecule has 0 radical (unpaired) electrons. The molecule has 0 aliphatic rings. The van der Waals surface area contributed by atoms with Gasteiger partial charge in [0.25, 0.3) is 5.91 Å². The van der Waals surface area contributed by atoms with Gasteiger partial charge in [-0.1, -0.05) is 13.8 Å². The highest BCUT2D eigenvalue weighted by molar-refractivity contribution is 5.94. The normalized spacial score (nSPS) is 14.8. The van der Waals surface area contributed by atoms with Gasteiger partial charge in [-0.05, 0) is 37.5 Å². The number of carbonyl (C=O) groups is 1. The van der Waals surface area contributed by atoms with Crippen LogP contribution in [0, 0.1) is 11.7 Å². The van der Waals surface area contributed by atoms with Gasteiger partial charge in [-0.25, -0.2) is 4.39 Å². The minimum atomic E-state index is -4.85. The van der Waals surface area contributed by atoms with Gasteiger partial charge in [-0.15, -0.1) is 0 Å². The van der Waals surface area contributed by atoms with Crippen molar-refractivity contribution < 1.29 is 22.4 Å². The van der Waals surface area contributed by atoms with E-state index in [1.54, 1.807) is 6.92 Å². The fraction of sp³-hybridized carbons (Fsp3) is 0.533. The Morgan fingerprint density at radius 3 is 2.36 bits per heavy atom. The summed E-state index contributed by atoms with van der Waals surface area (Å²) in [5.41, 5.74) is 3.20. The number of hydrogen-bond acceptors (Lipinski definition) is 2. The van der Waals surface area contributed by atoms with Crippen molar-refractivity contribution in [3.8, 4) is 0 Å². The van der Waals surface area contributed by atoms with Crippen LogP contribution < -0.4 is 11.1 Å². The Morgan fingerprint density at radius 1 is 1.32 bits per heavy atom. The predicted molar refractivity (Wildman–Crippen MR) is 75.8 cm³/mol. The molecule has 1 aromatic rings. The zero-order valence-corrected chi connectivity index (χ0v) is 12.7. The molecule has 3 nitrogen and oxygen atoms in total. The van der Waals surface area contributed by atoms with Crippen LogP contribution in [0.2, 0.25) is 0 Å². The van der Waals surface area contributed by atoms with Crippen LogP contribution in [0.15, 0.2) is 18.2 Å². The zero-order chi connectivity index (χ0) is 17.1. The molecule has 0 fully saturated rings. The fourth-order valence-corrected chi connectivity index (χ4v) is 2.32. The van der Waals surface area contributed by atoms with Crippen molar-refractivity contribution in [2.75, 3.05) is 6.54 Å². The van der Waals surface area contributed by atoms with Crippen molar-refractivity contribution in [1.29, 1.82) is 0 Å². The van der Waals surface area contributed by atoms with Crippen LogP contribution in [0.25, 0.3) is 0 Å². The highest BCUT2D eigenvalue weighted by Gasteiger charge is 2.35. The first-order valence-electron chi connectivity index (χ1n) is 6.88. The number of alkyl halides is 3. The molecule has 22 heavy (non-hydrogen) atoms. The minimum absolute atomic E-state index is 0.143. The quantitative estimate of drug-likeness (QED) is 0.818. The fourth-order valence-electron chi connectivity index (χ4n) is 2.32. The van der Waals surface area contributed by atoms with Crippen molar-refractivity contribution >= 4 is 5.91 Å². The van der Waals surface area contributed by atoms with Crippen LogP contribution in [0.1, 0.15) is 43.1 Å². The van der Waals surface area contributed by atoms with Gasteiger partial charge in [0.05, 0.1) is 5.56 Å². The van der Waals surface area contributed by atoms with Gasteiger partial charge >= 0.3 is 6.18 Å². The summed E-state index contributed by atoms with van der Waals surface area (Å²) in [5, 5.41) is 2.64. The maximum absolute atomic E-state index is 13.2. The van der Waals surface area contributed by atoms with Gasteiger partial charge in [0.1, 0.15) is 5.82 Å². The Balaban J connectivity index is 3.04. The lowest BCUT2D eigenvalue weighted by molar-refractivity contribution is -0.140. The average molecular weight is 320 g/mol. The molecule has 1 unspecified atom stereocenters. The number of rotatable bonds is 5. The monoisotopic (exact) mass is 320 g/mol. The largest absolute Gasteiger partial charge is 0.419 e. The van der Waals surface area contributed by atoms with Gasteiger partial charge in [0.2, 0.25) is 0 Å². The summed E-state index contributed by atoms with van der Waals surface area (Å²) >= 11 is 0. The predicted octanol–water partition coefficient (Wildman–Crippen LogP) is 3.34. The van der Waals surface area contributed by atoms with Gasteiger partial charge in [0.15, 0.2) is 0 Å². The van der Waals surface area contributed by atoms with E-state index in [1.807, 2.05) is 13.8 Å². The van der Waals surface area contributed by atoms with Crippen LogP contribution in [0.5, 0.6) is 0 Å². The third kappa shape index (κ3) is 4.69. The summed E-state index contributed by atoms with van der Waals surface area (Å²) in [7, 11) is 0. The van der Waals surface area contributed by atoms with E-state index in [0.29, 0.717) is 18.6 Å². The third-order valence-corrected chi connectivity index (χ3v) is 3.26. The molecule has 0 aliphatic heterocycles. The summed E-state index contributed by atoms with van der Waals surface area (Å²) in [5.74, 6) is -1.88. The van der Waals surface area contributed by atoms with Crippen molar-refractivity contribution in [2.24, 2.45) is 11.7 Å². The number of hydrogen-bond donors (Lipinski definition) is 2. The molecule has 0 saturated heterocycles. The van der Waals surface area contributed by atoms with E-state index in [-0.39, 0.29) is 18.0 Å². The van der Waals surface area contributed by atoms with Crippen molar-refractivity contribution in [3.63, 3.8) is 0 Å². The molecule has 3 N–H and O–H groups in total. The summed E-state index contributed by atoms with van der Waals surface area (Å²) in [6.07, 6.45) is -4.28. The Hall–Kier alpha value is -1.63. The Kier molecular flexibility index (Phi) is 5.56. The average Bonchev–Trinajstić information content (AvgIpc) is 2.36. The van der Waals surface area contributed by atoms with Crippen LogP contribution in [-0.2, 0) is 6.18 Å². The van der Waals surface area contributed by atoms with Gasteiger partial charge in [-0.3, -0.25) is 4.79 Å². The highest BCUT2D eigenvalue weighted by atomic mass is 19.4. The zero-order valence-electron chi connectivity index (χ0n) is 12.7. The molecule has 0 saturated carbocycles. The second-order valence-corrected chi connectivity index (χ2v) is 6.01. The Labute approximate surface area is 126 Å². The first-order valence-corrected chi connectivity index (χ1v) is 6.88. The Bertz CT molecular complexity index is 543. The van der Waals surface area contributed by atoms with E-state index in [2.05, 4.69) is 5.32 Å². The first-order chi connectivity index (χ1) is 9.98. The van der Waals surface area contributed by atoms with Gasteiger partial charge in [-0.2, -0.15) is 13.2 Å². The molecule has 0 bridgehead atoms. The SMILES string of the molecule is CC(C)CC(C)(CN)NC(=O)c1ccc(F)c(C(F)(F)F)c1. The summed E-state index contributed by atoms with van der Waals surface area (Å²) < 4.78 is 51.3. The molecule has 1 rings (SSSR count). The van der Waals surface area contributed by atoms with Crippen molar-refractivity contribution in [2.45, 2.75) is 38.9 Å². The van der Waals surface area contributed by atoms with E-state index >= 15 is 0 Å². The van der Waals surface area contributed by atoms with Crippen molar-refractivity contribution in [3.05, 3.63) is 35.1 Å². The van der Waals surface area contributed by atoms with Crippen LogP contribution in [0.4, 0.5) is 17.6 Å². The highest BCUT2D eigenvalue weighted by Crippen LogP contribution is 2.32. The van der Waals surface area contributed by atoms with E-state index in [1.165, 1.54) is 0 Å². The summed E-state index contributed by atoms with van der Waals surface area (Å²) in [4.78, 5) is 12.1. The van der Waals surface area contributed by atoms with E-state index < -0.39 is 29.0 Å². The number of amides is 1. The molecule has 1 amide bonds. The number of carbonyl (C=O) groups excluding carboxylic acids is 1. The van der Waals surface area contributed by atoms with Crippen LogP contribution in [-0.4, -0.2) is 18.0 Å². The molecule has 0 heterocycles. The van der Waals surface area contributed by atoms with E-state index in [9.17, 15) is 22.4 Å². The van der Waals surface area contributed by atoms with Crippen LogP contribution in [0.3, 0.4) is 0 Å². The third-order valence-electron chi connectivity index (χ3n) is 3.26. The second-order valence-electron chi connectivity index (χ2n) is 6.01. The molecule has 0 spiro atoms. The van der Waals surface area contributed by atoms with E-state index in [0.717, 1.165) is 6.07 Å². The van der Waals surface area contributed by atoms with Gasteiger partial charge < -0.3 is 11.1 Å². The molecule has 0 aromatic heterocycles. The Morgan fingerprint density at radius 2 is 1.91 bits per heavy atom. The lowest BCUT2D eigenvalue weighted by atomic mass is 9.90. The van der Waals surface area contributed by atoms with Crippen molar-refractivity contribution in [1.82, 2.24) is 5.32 Å². The minimum Gasteiger partial charge on any atom is -0.346 e. The summed E-state index contributed by atoms with van der Waals surface area (Å²) in [6, 6.07) is 2.17. The molecule has 1 atom stereocenters. The standard InChI is InChI=1S/C15H20F4N2O/c1-9(2)7-14(3,8-20)21-13(22)10-4-5-12(16)11(6-10)15(17,18)19/h4-6,9H,7-8,20H2,1-3H3,(H,21,22). The molecular formula is C15H20F4N2O. The smallest absolute Gasteiger partial charge is 0.346 e. The lowest BCUT2D eigenvalue weighted by Crippen LogP contribution is -2.52. The number of benzene rings is 1. The molecule has 7 heteroatoms. The second kappa shape index (κ2) is 6.64. The maximum Gasteiger partial charge on any atom is 0.419 e. The summed E-state index contributed by atoms with van der Waals surface area (Å²) in [6.45, 7) is 5.75. The molecule has 0 aliphatic carbocycles. The number of halogens is 4. The maximum atomic E-state index is 13.2. The first kappa shape index (κ1) is 18.4. The van der Waals surface area contributed by atoms with Crippen LogP contribution >= 0.6 is 0 Å². The van der Waals surface area contributed by atoms with Gasteiger partial charge in [0, 0.05) is 17.6 Å². The lowest BCUT2D eigenvalue weighted by Gasteiger charge is -2.31. The topological polar surface area (TPSA) is 55.1 Å². The molecule has 124 valence electrons. The molecule has 1 aromatic carbocycles.